The summed E-state index contributed by atoms with van der Waals surface area (Å²) < 4.78 is 7.33. The lowest BCUT2D eigenvalue weighted by Crippen LogP contribution is -2.31. The Morgan fingerprint density at radius 2 is 1.95 bits per heavy atom. The molecule has 1 N–H and O–H groups in total. The molecule has 108 valence electrons. The second-order valence-electron chi connectivity index (χ2n) is 5.85. The number of carboxylic acid groups (broad SMARTS) is 1. The van der Waals surface area contributed by atoms with Gasteiger partial charge in [-0.3, -0.25) is 4.79 Å². The summed E-state index contributed by atoms with van der Waals surface area (Å²) in [6.45, 7) is 7.59. The second-order valence-corrected chi connectivity index (χ2v) is 5.85. The fourth-order valence-electron chi connectivity index (χ4n) is 2.49. The van der Waals surface area contributed by atoms with Crippen molar-refractivity contribution in [3.8, 4) is 5.75 Å². The number of aromatic nitrogens is 1. The average Bonchev–Trinajstić information content (AvgIpc) is 2.77. The van der Waals surface area contributed by atoms with Gasteiger partial charge in [-0.05, 0) is 52.0 Å². The number of nitrogens with zero attached hydrogens (tertiary/aromatic N) is 1. The highest BCUT2D eigenvalue weighted by molar-refractivity contribution is 5.87. The Hall–Kier alpha value is -1.97. The van der Waals surface area contributed by atoms with Crippen molar-refractivity contribution in [2.45, 2.75) is 39.2 Å². The van der Waals surface area contributed by atoms with Gasteiger partial charge in [-0.1, -0.05) is 0 Å². The van der Waals surface area contributed by atoms with Crippen molar-refractivity contribution in [1.29, 1.82) is 0 Å². The molecule has 4 nitrogen and oxygen atoms in total. The van der Waals surface area contributed by atoms with Crippen LogP contribution in [0.2, 0.25) is 0 Å². The van der Waals surface area contributed by atoms with E-state index in [2.05, 4.69) is 18.4 Å². The van der Waals surface area contributed by atoms with Crippen LogP contribution in [0.3, 0.4) is 0 Å². The number of fused-ring (bicyclic) bond motifs is 1. The van der Waals surface area contributed by atoms with Crippen molar-refractivity contribution in [3.05, 3.63) is 30.0 Å². The molecule has 20 heavy (non-hydrogen) atoms. The van der Waals surface area contributed by atoms with Crippen LogP contribution in [0.25, 0.3) is 10.9 Å². The highest BCUT2D eigenvalue weighted by Gasteiger charge is 2.34. The zero-order valence-electron chi connectivity index (χ0n) is 12.6. The largest absolute Gasteiger partial charge is 0.497 e. The number of hydrogen-bond donors (Lipinski definition) is 1. The molecule has 0 spiro atoms. The minimum Gasteiger partial charge on any atom is -0.497 e. The van der Waals surface area contributed by atoms with Crippen molar-refractivity contribution in [2.75, 3.05) is 7.11 Å². The molecule has 0 aliphatic carbocycles. The molecule has 1 heterocycles. The Morgan fingerprint density at radius 1 is 1.30 bits per heavy atom. The van der Waals surface area contributed by atoms with E-state index < -0.39 is 11.4 Å². The summed E-state index contributed by atoms with van der Waals surface area (Å²) in [4.78, 5) is 11.6. The van der Waals surface area contributed by atoms with E-state index >= 15 is 0 Å². The van der Waals surface area contributed by atoms with Gasteiger partial charge in [0.05, 0.1) is 7.11 Å². The Morgan fingerprint density at radius 3 is 2.45 bits per heavy atom. The van der Waals surface area contributed by atoms with Gasteiger partial charge in [0.1, 0.15) is 11.2 Å². The first-order valence-electron chi connectivity index (χ1n) is 6.72. The summed E-state index contributed by atoms with van der Waals surface area (Å²) in [5.74, 6) is -0.0488. The van der Waals surface area contributed by atoms with Gasteiger partial charge in [0, 0.05) is 22.6 Å². The number of benzene rings is 1. The number of carboxylic acids is 1. The van der Waals surface area contributed by atoms with Crippen LogP contribution in [0, 0.1) is 0 Å². The topological polar surface area (TPSA) is 51.5 Å². The summed E-state index contributed by atoms with van der Waals surface area (Å²) in [6.07, 6.45) is 0. The molecule has 1 aromatic carbocycles. The van der Waals surface area contributed by atoms with E-state index in [1.165, 1.54) is 0 Å². The molecule has 0 bridgehead atoms. The Balaban J connectivity index is 2.77. The molecule has 0 fully saturated rings. The quantitative estimate of drug-likeness (QED) is 0.927. The lowest BCUT2D eigenvalue weighted by Gasteiger charge is -2.24. The Bertz CT molecular complexity index is 653. The molecule has 1 aromatic heterocycles. The van der Waals surface area contributed by atoms with Gasteiger partial charge < -0.3 is 14.4 Å². The van der Waals surface area contributed by atoms with E-state index in [-0.39, 0.29) is 6.04 Å². The van der Waals surface area contributed by atoms with E-state index in [0.29, 0.717) is 0 Å². The summed E-state index contributed by atoms with van der Waals surface area (Å²) in [5, 5.41) is 10.5. The van der Waals surface area contributed by atoms with E-state index in [9.17, 15) is 9.90 Å². The normalized spacial score (nSPS) is 12.1. The van der Waals surface area contributed by atoms with Gasteiger partial charge in [0.2, 0.25) is 0 Å². The minimum atomic E-state index is -0.934. The smallest absolute Gasteiger partial charge is 0.315 e. The fraction of sp³-hybridized carbons (Fsp3) is 0.438. The van der Waals surface area contributed by atoms with Crippen molar-refractivity contribution in [2.24, 2.45) is 0 Å². The summed E-state index contributed by atoms with van der Waals surface area (Å²) in [7, 11) is 1.63. The van der Waals surface area contributed by atoms with Crippen molar-refractivity contribution >= 4 is 16.9 Å². The SMILES string of the molecule is COc1ccc2c(c1)cc(C(C)(C)C(=O)O)n2C(C)C. The third-order valence-electron chi connectivity index (χ3n) is 3.74. The van der Waals surface area contributed by atoms with Crippen LogP contribution in [0.1, 0.15) is 39.4 Å². The van der Waals surface area contributed by atoms with E-state index in [0.717, 1.165) is 22.3 Å². The molecular formula is C16H21NO3. The number of ether oxygens (including phenoxy) is 1. The third-order valence-corrected chi connectivity index (χ3v) is 3.74. The zero-order chi connectivity index (χ0) is 15.1. The van der Waals surface area contributed by atoms with Gasteiger partial charge in [0.15, 0.2) is 0 Å². The van der Waals surface area contributed by atoms with Gasteiger partial charge in [-0.2, -0.15) is 0 Å². The molecule has 0 atom stereocenters. The molecular weight excluding hydrogens is 254 g/mol. The first-order chi connectivity index (χ1) is 9.28. The van der Waals surface area contributed by atoms with Crippen molar-refractivity contribution in [1.82, 2.24) is 4.57 Å². The molecule has 0 aliphatic heterocycles. The first kappa shape index (κ1) is 14.4. The number of methoxy groups -OCH3 is 1. The van der Waals surface area contributed by atoms with E-state index in [1.807, 2.05) is 24.3 Å². The van der Waals surface area contributed by atoms with Gasteiger partial charge >= 0.3 is 5.97 Å². The predicted molar refractivity (Wildman–Crippen MR) is 79.5 cm³/mol. The van der Waals surface area contributed by atoms with Crippen LogP contribution in [-0.2, 0) is 10.2 Å². The monoisotopic (exact) mass is 275 g/mol. The molecule has 0 aliphatic rings. The highest BCUT2D eigenvalue weighted by atomic mass is 16.5. The Kier molecular flexibility index (Phi) is 3.50. The van der Waals surface area contributed by atoms with Gasteiger partial charge in [-0.15, -0.1) is 0 Å². The van der Waals surface area contributed by atoms with Crippen LogP contribution in [0.5, 0.6) is 5.75 Å². The lowest BCUT2D eigenvalue weighted by atomic mass is 9.89. The molecule has 0 radical (unpaired) electrons. The molecule has 2 aromatic rings. The van der Waals surface area contributed by atoms with Crippen LogP contribution < -0.4 is 4.74 Å². The fourth-order valence-corrected chi connectivity index (χ4v) is 2.49. The molecule has 0 saturated carbocycles. The lowest BCUT2D eigenvalue weighted by molar-refractivity contribution is -0.142. The summed E-state index contributed by atoms with van der Waals surface area (Å²) >= 11 is 0. The van der Waals surface area contributed by atoms with Gasteiger partial charge in [-0.25, -0.2) is 0 Å². The minimum absolute atomic E-state index is 0.189. The molecule has 0 saturated heterocycles. The Labute approximate surface area is 119 Å². The number of carbonyl (C=O) groups is 1. The van der Waals surface area contributed by atoms with Crippen LogP contribution >= 0.6 is 0 Å². The number of rotatable bonds is 4. The molecule has 4 heteroatoms. The maximum Gasteiger partial charge on any atom is 0.315 e. The standard InChI is InChI=1S/C16H21NO3/c1-10(2)17-13-7-6-12(20-5)8-11(13)9-14(17)16(3,4)15(18)19/h6-10H,1-5H3,(H,18,19). The molecule has 0 amide bonds. The summed E-state index contributed by atoms with van der Waals surface area (Å²) in [6, 6.07) is 7.96. The maximum atomic E-state index is 11.6. The number of aliphatic carboxylic acids is 1. The van der Waals surface area contributed by atoms with Gasteiger partial charge in [0.25, 0.3) is 0 Å². The molecule has 0 unspecified atom stereocenters. The van der Waals surface area contributed by atoms with E-state index in [4.69, 9.17) is 4.74 Å². The first-order valence-corrected chi connectivity index (χ1v) is 6.72. The van der Waals surface area contributed by atoms with Crippen molar-refractivity contribution in [3.63, 3.8) is 0 Å². The maximum absolute atomic E-state index is 11.6. The van der Waals surface area contributed by atoms with Crippen LogP contribution in [-0.4, -0.2) is 22.8 Å². The molecule has 2 rings (SSSR count). The highest BCUT2D eigenvalue weighted by Crippen LogP contribution is 2.34. The zero-order valence-corrected chi connectivity index (χ0v) is 12.6. The van der Waals surface area contributed by atoms with E-state index in [1.54, 1.807) is 21.0 Å². The average molecular weight is 275 g/mol. The second kappa shape index (κ2) is 4.85. The predicted octanol–water partition coefficient (Wildman–Crippen LogP) is 3.59. The van der Waals surface area contributed by atoms with Crippen LogP contribution in [0.15, 0.2) is 24.3 Å². The van der Waals surface area contributed by atoms with Crippen LogP contribution in [0.4, 0.5) is 0 Å². The summed E-state index contributed by atoms with van der Waals surface area (Å²) in [5.41, 5.74) is 0.907. The third kappa shape index (κ3) is 2.15. The number of hydrogen-bond acceptors (Lipinski definition) is 2. The van der Waals surface area contributed by atoms with Crippen molar-refractivity contribution < 1.29 is 14.6 Å².